The Kier molecular flexibility index (Phi) is 6.71. The molecule has 0 saturated heterocycles. The summed E-state index contributed by atoms with van der Waals surface area (Å²) in [5, 5.41) is 6.84. The van der Waals surface area contributed by atoms with Crippen LogP contribution in [-0.2, 0) is 0 Å². The van der Waals surface area contributed by atoms with Gasteiger partial charge in [0, 0.05) is 24.3 Å². The predicted molar refractivity (Wildman–Crippen MR) is 83.1 cm³/mol. The standard InChI is InChI=1S/C16H28N2O/c1-5-6-13-19-15-9-7-14(8-10-15)17-11-12-18-16(2,3)4/h7-10,17-18H,5-6,11-13H2,1-4H3. The molecule has 3 heteroatoms. The number of benzene rings is 1. The van der Waals surface area contributed by atoms with E-state index < -0.39 is 0 Å². The first-order chi connectivity index (χ1) is 9.01. The van der Waals surface area contributed by atoms with Gasteiger partial charge in [-0.25, -0.2) is 0 Å². The summed E-state index contributed by atoms with van der Waals surface area (Å²) in [6, 6.07) is 8.18. The van der Waals surface area contributed by atoms with Crippen LogP contribution >= 0.6 is 0 Å². The average molecular weight is 264 g/mol. The summed E-state index contributed by atoms with van der Waals surface area (Å²) in [6.45, 7) is 11.4. The first kappa shape index (κ1) is 15.8. The van der Waals surface area contributed by atoms with Crippen molar-refractivity contribution in [3.8, 4) is 5.75 Å². The number of hydrogen-bond donors (Lipinski definition) is 2. The summed E-state index contributed by atoms with van der Waals surface area (Å²) in [4.78, 5) is 0. The highest BCUT2D eigenvalue weighted by Crippen LogP contribution is 2.15. The van der Waals surface area contributed by atoms with Gasteiger partial charge in [-0.05, 0) is 51.5 Å². The molecule has 0 aliphatic carbocycles. The Hall–Kier alpha value is -1.22. The van der Waals surface area contributed by atoms with E-state index >= 15 is 0 Å². The molecule has 0 saturated carbocycles. The molecule has 1 aromatic rings. The molecule has 0 aliphatic rings. The zero-order chi connectivity index (χ0) is 14.1. The van der Waals surface area contributed by atoms with Crippen LogP contribution in [0.4, 0.5) is 5.69 Å². The van der Waals surface area contributed by atoms with Crippen molar-refractivity contribution >= 4 is 5.69 Å². The maximum atomic E-state index is 5.63. The second-order valence-electron chi connectivity index (χ2n) is 5.83. The Balaban J connectivity index is 2.24. The topological polar surface area (TPSA) is 33.3 Å². The lowest BCUT2D eigenvalue weighted by atomic mass is 10.1. The van der Waals surface area contributed by atoms with Crippen LogP contribution in [0.15, 0.2) is 24.3 Å². The highest BCUT2D eigenvalue weighted by atomic mass is 16.5. The van der Waals surface area contributed by atoms with E-state index in [1.807, 2.05) is 12.1 Å². The lowest BCUT2D eigenvalue weighted by Gasteiger charge is -2.20. The Morgan fingerprint density at radius 3 is 2.32 bits per heavy atom. The Bertz CT molecular complexity index is 341. The number of unbranched alkanes of at least 4 members (excludes halogenated alkanes) is 1. The summed E-state index contributed by atoms with van der Waals surface area (Å²) in [5.74, 6) is 0.951. The minimum absolute atomic E-state index is 0.179. The number of rotatable bonds is 8. The Labute approximate surface area is 117 Å². The van der Waals surface area contributed by atoms with Gasteiger partial charge < -0.3 is 15.4 Å². The average Bonchev–Trinajstić information content (AvgIpc) is 2.36. The number of anilines is 1. The molecular weight excluding hydrogens is 236 g/mol. The van der Waals surface area contributed by atoms with E-state index in [1.165, 1.54) is 6.42 Å². The summed E-state index contributed by atoms with van der Waals surface area (Å²) in [6.07, 6.45) is 2.28. The minimum atomic E-state index is 0.179. The fraction of sp³-hybridized carbons (Fsp3) is 0.625. The largest absolute Gasteiger partial charge is 0.494 e. The predicted octanol–water partition coefficient (Wildman–Crippen LogP) is 3.67. The smallest absolute Gasteiger partial charge is 0.119 e. The van der Waals surface area contributed by atoms with Crippen molar-refractivity contribution < 1.29 is 4.74 Å². The highest BCUT2D eigenvalue weighted by molar-refractivity contribution is 5.46. The van der Waals surface area contributed by atoms with Crippen molar-refractivity contribution in [1.29, 1.82) is 0 Å². The van der Waals surface area contributed by atoms with E-state index in [9.17, 15) is 0 Å². The minimum Gasteiger partial charge on any atom is -0.494 e. The molecule has 19 heavy (non-hydrogen) atoms. The first-order valence-corrected chi connectivity index (χ1v) is 7.23. The molecule has 1 aromatic carbocycles. The second kappa shape index (κ2) is 8.05. The van der Waals surface area contributed by atoms with Gasteiger partial charge in [0.2, 0.25) is 0 Å². The quantitative estimate of drug-likeness (QED) is 0.703. The molecule has 0 radical (unpaired) electrons. The van der Waals surface area contributed by atoms with Crippen LogP contribution in [0.5, 0.6) is 5.75 Å². The lowest BCUT2D eigenvalue weighted by Crippen LogP contribution is -2.38. The molecule has 0 heterocycles. The molecule has 108 valence electrons. The SMILES string of the molecule is CCCCOc1ccc(NCCNC(C)(C)C)cc1. The summed E-state index contributed by atoms with van der Waals surface area (Å²) in [7, 11) is 0. The van der Waals surface area contributed by atoms with E-state index in [4.69, 9.17) is 4.74 Å². The molecule has 0 spiro atoms. The Morgan fingerprint density at radius 1 is 1.05 bits per heavy atom. The van der Waals surface area contributed by atoms with Crippen LogP contribution in [0.3, 0.4) is 0 Å². The number of hydrogen-bond acceptors (Lipinski definition) is 3. The Morgan fingerprint density at radius 2 is 1.74 bits per heavy atom. The zero-order valence-corrected chi connectivity index (χ0v) is 12.8. The van der Waals surface area contributed by atoms with Gasteiger partial charge in [0.15, 0.2) is 0 Å². The van der Waals surface area contributed by atoms with Gasteiger partial charge in [0.1, 0.15) is 5.75 Å². The van der Waals surface area contributed by atoms with E-state index in [0.717, 1.165) is 37.6 Å². The molecule has 0 fully saturated rings. The third-order valence-corrected chi connectivity index (χ3v) is 2.73. The van der Waals surface area contributed by atoms with Gasteiger partial charge in [-0.15, -0.1) is 0 Å². The molecule has 0 aromatic heterocycles. The number of ether oxygens (including phenoxy) is 1. The third kappa shape index (κ3) is 7.73. The molecule has 0 amide bonds. The van der Waals surface area contributed by atoms with Crippen LogP contribution in [0.1, 0.15) is 40.5 Å². The fourth-order valence-electron chi connectivity index (χ4n) is 1.65. The van der Waals surface area contributed by atoms with Crippen molar-refractivity contribution in [2.45, 2.75) is 46.1 Å². The third-order valence-electron chi connectivity index (χ3n) is 2.73. The van der Waals surface area contributed by atoms with Gasteiger partial charge >= 0.3 is 0 Å². The van der Waals surface area contributed by atoms with Crippen LogP contribution < -0.4 is 15.4 Å². The van der Waals surface area contributed by atoms with Crippen LogP contribution in [0.25, 0.3) is 0 Å². The number of nitrogens with one attached hydrogen (secondary N) is 2. The normalized spacial score (nSPS) is 11.4. The maximum absolute atomic E-state index is 5.63. The molecule has 0 unspecified atom stereocenters. The van der Waals surface area contributed by atoms with Crippen LogP contribution in [-0.4, -0.2) is 25.2 Å². The van der Waals surface area contributed by atoms with E-state index in [2.05, 4.69) is 50.5 Å². The molecule has 0 atom stereocenters. The van der Waals surface area contributed by atoms with Crippen molar-refractivity contribution in [2.24, 2.45) is 0 Å². The van der Waals surface area contributed by atoms with Gasteiger partial charge in [-0.2, -0.15) is 0 Å². The van der Waals surface area contributed by atoms with E-state index in [0.29, 0.717) is 0 Å². The molecule has 1 rings (SSSR count). The van der Waals surface area contributed by atoms with Crippen LogP contribution in [0, 0.1) is 0 Å². The van der Waals surface area contributed by atoms with Crippen molar-refractivity contribution in [3.05, 3.63) is 24.3 Å². The van der Waals surface area contributed by atoms with E-state index in [1.54, 1.807) is 0 Å². The van der Waals surface area contributed by atoms with Gasteiger partial charge in [-0.3, -0.25) is 0 Å². The maximum Gasteiger partial charge on any atom is 0.119 e. The van der Waals surface area contributed by atoms with Gasteiger partial charge in [-0.1, -0.05) is 13.3 Å². The van der Waals surface area contributed by atoms with E-state index in [-0.39, 0.29) is 5.54 Å². The molecular formula is C16H28N2O. The monoisotopic (exact) mass is 264 g/mol. The molecule has 2 N–H and O–H groups in total. The summed E-state index contributed by atoms with van der Waals surface area (Å²) < 4.78 is 5.63. The highest BCUT2D eigenvalue weighted by Gasteiger charge is 2.06. The first-order valence-electron chi connectivity index (χ1n) is 7.23. The van der Waals surface area contributed by atoms with Crippen molar-refractivity contribution in [3.63, 3.8) is 0 Å². The molecule has 0 aliphatic heterocycles. The lowest BCUT2D eigenvalue weighted by molar-refractivity contribution is 0.309. The van der Waals surface area contributed by atoms with Crippen molar-refractivity contribution in [1.82, 2.24) is 5.32 Å². The van der Waals surface area contributed by atoms with Gasteiger partial charge in [0.25, 0.3) is 0 Å². The summed E-state index contributed by atoms with van der Waals surface area (Å²) >= 11 is 0. The molecule has 0 bridgehead atoms. The zero-order valence-electron chi connectivity index (χ0n) is 12.8. The van der Waals surface area contributed by atoms with Gasteiger partial charge in [0.05, 0.1) is 6.61 Å². The second-order valence-corrected chi connectivity index (χ2v) is 5.83. The van der Waals surface area contributed by atoms with Crippen LogP contribution in [0.2, 0.25) is 0 Å². The van der Waals surface area contributed by atoms with Crippen molar-refractivity contribution in [2.75, 3.05) is 25.0 Å². The fourth-order valence-corrected chi connectivity index (χ4v) is 1.65. The summed E-state index contributed by atoms with van der Waals surface area (Å²) in [5.41, 5.74) is 1.32. The molecule has 3 nitrogen and oxygen atoms in total.